The van der Waals surface area contributed by atoms with Crippen LogP contribution in [-0.2, 0) is 0 Å². The summed E-state index contributed by atoms with van der Waals surface area (Å²) in [4.78, 5) is 15.4. The highest BCUT2D eigenvalue weighted by atomic mass is 35.5. The summed E-state index contributed by atoms with van der Waals surface area (Å²) in [6.07, 6.45) is 0. The van der Waals surface area contributed by atoms with Gasteiger partial charge >= 0.3 is 0 Å². The molecular weight excluding hydrogens is 281 g/mol. The highest BCUT2D eigenvalue weighted by Gasteiger charge is 2.13. The van der Waals surface area contributed by atoms with E-state index in [9.17, 15) is 4.79 Å². The first-order valence-electron chi connectivity index (χ1n) is 5.72. The zero-order chi connectivity index (χ0) is 13.4. The van der Waals surface area contributed by atoms with Crippen LogP contribution < -0.4 is 0 Å². The molecule has 0 amide bonds. The Morgan fingerprint density at radius 3 is 2.47 bits per heavy atom. The number of halogens is 2. The predicted molar refractivity (Wildman–Crippen MR) is 78.2 cm³/mol. The second kappa shape index (κ2) is 4.72. The summed E-state index contributed by atoms with van der Waals surface area (Å²) in [5.74, 6) is -0.0658. The molecule has 2 nitrogen and oxygen atoms in total. The first-order valence-corrected chi connectivity index (χ1v) is 6.48. The van der Waals surface area contributed by atoms with Gasteiger partial charge in [0.2, 0.25) is 5.78 Å². The highest BCUT2D eigenvalue weighted by Crippen LogP contribution is 2.29. The summed E-state index contributed by atoms with van der Waals surface area (Å²) in [5, 5.41) is 1.87. The van der Waals surface area contributed by atoms with E-state index in [1.165, 1.54) is 0 Å². The second-order valence-corrected chi connectivity index (χ2v) is 5.07. The minimum absolute atomic E-state index is 0.0658. The lowest BCUT2D eigenvalue weighted by Crippen LogP contribution is -2.00. The van der Waals surface area contributed by atoms with Gasteiger partial charge in [0.1, 0.15) is 0 Å². The van der Waals surface area contributed by atoms with Gasteiger partial charge in [0, 0.05) is 21.5 Å². The fourth-order valence-electron chi connectivity index (χ4n) is 2.03. The van der Waals surface area contributed by atoms with Crippen molar-refractivity contribution in [3.8, 4) is 0 Å². The summed E-state index contributed by atoms with van der Waals surface area (Å²) in [6.45, 7) is 0. The van der Waals surface area contributed by atoms with Crippen molar-refractivity contribution in [2.24, 2.45) is 0 Å². The van der Waals surface area contributed by atoms with Gasteiger partial charge in [-0.3, -0.25) is 4.79 Å². The quantitative estimate of drug-likeness (QED) is 0.681. The molecule has 0 radical (unpaired) electrons. The number of carbonyl (C=O) groups excluding carboxylic acids is 1. The molecule has 0 aliphatic carbocycles. The number of ketones is 1. The Morgan fingerprint density at radius 2 is 1.74 bits per heavy atom. The van der Waals surface area contributed by atoms with Gasteiger partial charge < -0.3 is 4.98 Å². The van der Waals surface area contributed by atoms with Crippen LogP contribution in [0, 0.1) is 0 Å². The highest BCUT2D eigenvalue weighted by molar-refractivity contribution is 6.38. The molecule has 0 saturated carbocycles. The summed E-state index contributed by atoms with van der Waals surface area (Å²) in [5.41, 5.74) is 1.90. The molecule has 1 heterocycles. The number of aromatic nitrogens is 1. The summed E-state index contributed by atoms with van der Waals surface area (Å²) >= 11 is 12.1. The number of hydrogen-bond donors (Lipinski definition) is 1. The molecule has 1 aromatic heterocycles. The summed E-state index contributed by atoms with van der Waals surface area (Å²) < 4.78 is 0. The van der Waals surface area contributed by atoms with E-state index in [2.05, 4.69) is 4.98 Å². The van der Waals surface area contributed by atoms with E-state index >= 15 is 0 Å². The van der Waals surface area contributed by atoms with Crippen molar-refractivity contribution < 1.29 is 4.79 Å². The third-order valence-corrected chi connectivity index (χ3v) is 3.46. The van der Waals surface area contributed by atoms with E-state index < -0.39 is 0 Å². The van der Waals surface area contributed by atoms with Crippen molar-refractivity contribution in [3.63, 3.8) is 0 Å². The molecule has 2 aromatic carbocycles. The largest absolute Gasteiger partial charge is 0.352 e. The lowest BCUT2D eigenvalue weighted by atomic mass is 10.1. The number of carbonyl (C=O) groups is 1. The Morgan fingerprint density at radius 1 is 1.00 bits per heavy atom. The molecule has 4 heteroatoms. The van der Waals surface area contributed by atoms with Crippen molar-refractivity contribution in [3.05, 3.63) is 69.8 Å². The predicted octanol–water partition coefficient (Wildman–Crippen LogP) is 4.71. The van der Waals surface area contributed by atoms with Crippen molar-refractivity contribution in [1.82, 2.24) is 4.98 Å². The van der Waals surface area contributed by atoms with Crippen molar-refractivity contribution in [2.75, 3.05) is 0 Å². The molecule has 0 fully saturated rings. The van der Waals surface area contributed by atoms with E-state index in [0.717, 1.165) is 10.9 Å². The van der Waals surface area contributed by atoms with Gasteiger partial charge in [-0.05, 0) is 18.2 Å². The molecule has 1 N–H and O–H groups in total. The van der Waals surface area contributed by atoms with E-state index in [1.807, 2.05) is 18.2 Å². The van der Waals surface area contributed by atoms with Crippen LogP contribution in [-0.4, -0.2) is 10.8 Å². The zero-order valence-corrected chi connectivity index (χ0v) is 11.3. The standard InChI is InChI=1S/C15H9Cl2NO/c16-10-6-12(17)11-8-14(18-13(11)7-10)15(19)9-4-2-1-3-5-9/h1-8,18H. The topological polar surface area (TPSA) is 32.9 Å². The van der Waals surface area contributed by atoms with Crippen LogP contribution in [0.5, 0.6) is 0 Å². The van der Waals surface area contributed by atoms with E-state index in [1.54, 1.807) is 30.3 Å². The first kappa shape index (κ1) is 12.3. The Hall–Kier alpha value is -1.77. The molecule has 3 aromatic rings. The van der Waals surface area contributed by atoms with Crippen LogP contribution in [0.1, 0.15) is 16.1 Å². The zero-order valence-electron chi connectivity index (χ0n) is 9.78. The molecule has 0 unspecified atom stereocenters. The van der Waals surface area contributed by atoms with Crippen molar-refractivity contribution >= 4 is 39.9 Å². The van der Waals surface area contributed by atoms with E-state index in [4.69, 9.17) is 23.2 Å². The van der Waals surface area contributed by atoms with Crippen molar-refractivity contribution in [1.29, 1.82) is 0 Å². The maximum Gasteiger partial charge on any atom is 0.209 e. The van der Waals surface area contributed by atoms with Gasteiger partial charge in [-0.2, -0.15) is 0 Å². The molecule has 19 heavy (non-hydrogen) atoms. The maximum atomic E-state index is 12.3. The summed E-state index contributed by atoms with van der Waals surface area (Å²) in [6, 6.07) is 14.3. The number of H-pyrrole nitrogens is 1. The van der Waals surface area contributed by atoms with Gasteiger partial charge in [-0.1, -0.05) is 53.5 Å². The lowest BCUT2D eigenvalue weighted by Gasteiger charge is -1.96. The molecule has 0 spiro atoms. The number of aromatic amines is 1. The van der Waals surface area contributed by atoms with Gasteiger partial charge in [0.05, 0.1) is 10.7 Å². The Kier molecular flexibility index (Phi) is 3.05. The second-order valence-electron chi connectivity index (χ2n) is 4.23. The smallest absolute Gasteiger partial charge is 0.209 e. The van der Waals surface area contributed by atoms with Crippen LogP contribution in [0.4, 0.5) is 0 Å². The molecule has 3 rings (SSSR count). The monoisotopic (exact) mass is 289 g/mol. The molecule has 0 aliphatic heterocycles. The Bertz CT molecular complexity index is 762. The van der Waals surface area contributed by atoms with Crippen LogP contribution in [0.15, 0.2) is 48.5 Å². The van der Waals surface area contributed by atoms with Crippen LogP contribution in [0.25, 0.3) is 10.9 Å². The summed E-state index contributed by atoms with van der Waals surface area (Å²) in [7, 11) is 0. The lowest BCUT2D eigenvalue weighted by molar-refractivity contribution is 0.103. The van der Waals surface area contributed by atoms with Gasteiger partial charge in [-0.25, -0.2) is 0 Å². The molecular formula is C15H9Cl2NO. The number of benzene rings is 2. The number of hydrogen-bond acceptors (Lipinski definition) is 1. The van der Waals surface area contributed by atoms with E-state index in [-0.39, 0.29) is 5.78 Å². The van der Waals surface area contributed by atoms with Gasteiger partial charge in [-0.15, -0.1) is 0 Å². The van der Waals surface area contributed by atoms with Gasteiger partial charge in [0.25, 0.3) is 0 Å². The van der Waals surface area contributed by atoms with Gasteiger partial charge in [0.15, 0.2) is 0 Å². The third kappa shape index (κ3) is 2.25. The van der Waals surface area contributed by atoms with Crippen molar-refractivity contribution in [2.45, 2.75) is 0 Å². The molecule has 0 atom stereocenters. The van der Waals surface area contributed by atoms with E-state index in [0.29, 0.717) is 21.3 Å². The van der Waals surface area contributed by atoms with Crippen LogP contribution >= 0.6 is 23.2 Å². The SMILES string of the molecule is O=C(c1ccccc1)c1cc2c(Cl)cc(Cl)cc2[nH]1. The molecule has 0 bridgehead atoms. The fourth-order valence-corrected chi connectivity index (χ4v) is 2.58. The van der Waals surface area contributed by atoms with Crippen LogP contribution in [0.3, 0.4) is 0 Å². The molecule has 0 aliphatic rings. The minimum atomic E-state index is -0.0658. The average Bonchev–Trinajstić information content (AvgIpc) is 2.83. The Labute approximate surface area is 120 Å². The third-order valence-electron chi connectivity index (χ3n) is 2.93. The molecule has 0 saturated heterocycles. The van der Waals surface area contributed by atoms with Crippen LogP contribution in [0.2, 0.25) is 10.0 Å². The average molecular weight is 290 g/mol. The minimum Gasteiger partial charge on any atom is -0.352 e. The maximum absolute atomic E-state index is 12.3. The first-order chi connectivity index (χ1) is 9.15. The fraction of sp³-hybridized carbons (Fsp3) is 0. The number of fused-ring (bicyclic) bond motifs is 1. The Balaban J connectivity index is 2.12. The number of nitrogens with one attached hydrogen (secondary N) is 1. The molecule has 94 valence electrons. The number of rotatable bonds is 2. The normalized spacial score (nSPS) is 10.8.